The van der Waals surface area contributed by atoms with Crippen LogP contribution in [0.15, 0.2) is 0 Å². The van der Waals surface area contributed by atoms with Gasteiger partial charge in [-0.3, -0.25) is 9.59 Å². The molecule has 4 N–H and O–H groups in total. The van der Waals surface area contributed by atoms with E-state index in [1.165, 1.54) is 7.05 Å². The molecule has 0 aromatic rings. The fraction of sp³-hybridized carbons (Fsp3) is 0.600. The van der Waals surface area contributed by atoms with Crippen LogP contribution in [0.1, 0.15) is 0 Å². The van der Waals surface area contributed by atoms with Crippen LogP contribution in [-0.4, -0.2) is 36.5 Å². The molecule has 0 radical (unpaired) electrons. The zero-order chi connectivity index (χ0) is 8.15. The summed E-state index contributed by atoms with van der Waals surface area (Å²) in [5.74, 6) is -1.71. The van der Waals surface area contributed by atoms with Crippen LogP contribution in [-0.2, 0) is 9.59 Å². The van der Waals surface area contributed by atoms with E-state index in [1.807, 2.05) is 0 Å². The molecule has 1 atom stereocenters. The van der Waals surface area contributed by atoms with E-state index in [4.69, 9.17) is 10.8 Å². The number of Topliss-reactive ketones (excluding diaryl/α,β-unsaturated/α-hetero) is 1. The van der Waals surface area contributed by atoms with Crippen molar-refractivity contribution in [2.75, 3.05) is 13.6 Å². The van der Waals surface area contributed by atoms with Crippen LogP contribution < -0.4 is 11.1 Å². The van der Waals surface area contributed by atoms with Gasteiger partial charge in [0.25, 0.3) is 0 Å². The number of nitrogens with two attached hydrogens (primary N) is 1. The first-order chi connectivity index (χ1) is 4.63. The van der Waals surface area contributed by atoms with Gasteiger partial charge < -0.3 is 16.2 Å². The van der Waals surface area contributed by atoms with Crippen molar-refractivity contribution < 1.29 is 14.7 Å². The Morgan fingerprint density at radius 2 is 2.20 bits per heavy atom. The Hall–Kier alpha value is -0.940. The third-order valence-electron chi connectivity index (χ3n) is 1.06. The fourth-order valence-electron chi connectivity index (χ4n) is 0.540. The third-order valence-corrected chi connectivity index (χ3v) is 1.06. The number of carbonyl (C=O) groups is 2. The number of hydrogen-bond acceptors (Lipinski definition) is 4. The Kier molecular flexibility index (Phi) is 3.60. The Bertz CT molecular complexity index is 146. The first kappa shape index (κ1) is 9.06. The minimum absolute atomic E-state index is 0.252. The van der Waals surface area contributed by atoms with Gasteiger partial charge in [0.15, 0.2) is 11.8 Å². The van der Waals surface area contributed by atoms with E-state index in [9.17, 15) is 9.59 Å². The fourth-order valence-corrected chi connectivity index (χ4v) is 0.540. The summed E-state index contributed by atoms with van der Waals surface area (Å²) in [6.07, 6.45) is 0. The number of carboxylic acids is 1. The molecule has 0 aliphatic heterocycles. The van der Waals surface area contributed by atoms with Gasteiger partial charge in [0.2, 0.25) is 0 Å². The SMILES string of the molecule is CNC(C(=O)O)C(=O)CN. The lowest BCUT2D eigenvalue weighted by molar-refractivity contribution is -0.142. The second-order valence-corrected chi connectivity index (χ2v) is 1.73. The van der Waals surface area contributed by atoms with E-state index in [-0.39, 0.29) is 6.54 Å². The monoisotopic (exact) mass is 146 g/mol. The number of likely N-dealkylation sites (N-methyl/N-ethyl adjacent to an activating group) is 1. The lowest BCUT2D eigenvalue weighted by Gasteiger charge is -2.06. The van der Waals surface area contributed by atoms with Gasteiger partial charge in [-0.05, 0) is 7.05 Å². The van der Waals surface area contributed by atoms with E-state index in [2.05, 4.69) is 5.32 Å². The Labute approximate surface area is 58.2 Å². The predicted molar refractivity (Wildman–Crippen MR) is 34.5 cm³/mol. The van der Waals surface area contributed by atoms with Crippen molar-refractivity contribution in [1.29, 1.82) is 0 Å². The average Bonchev–Trinajstić information content (AvgIpc) is 1.88. The summed E-state index contributed by atoms with van der Waals surface area (Å²) in [4.78, 5) is 20.8. The van der Waals surface area contributed by atoms with Crippen molar-refractivity contribution in [1.82, 2.24) is 5.32 Å². The van der Waals surface area contributed by atoms with E-state index in [0.717, 1.165) is 0 Å². The van der Waals surface area contributed by atoms with Crippen molar-refractivity contribution >= 4 is 11.8 Å². The van der Waals surface area contributed by atoms with Crippen molar-refractivity contribution in [3.05, 3.63) is 0 Å². The highest BCUT2D eigenvalue weighted by atomic mass is 16.4. The summed E-state index contributed by atoms with van der Waals surface area (Å²) in [6.45, 7) is -0.252. The Morgan fingerprint density at radius 1 is 1.70 bits per heavy atom. The molecule has 58 valence electrons. The molecule has 0 fully saturated rings. The normalized spacial score (nSPS) is 12.6. The maximum absolute atomic E-state index is 10.6. The van der Waals surface area contributed by atoms with Crippen LogP contribution in [0, 0.1) is 0 Å². The van der Waals surface area contributed by atoms with E-state index < -0.39 is 17.8 Å². The topological polar surface area (TPSA) is 92.4 Å². The van der Waals surface area contributed by atoms with Crippen molar-refractivity contribution in [2.24, 2.45) is 5.73 Å². The maximum Gasteiger partial charge on any atom is 0.328 e. The number of carboxylic acid groups (broad SMARTS) is 1. The van der Waals surface area contributed by atoms with Crippen LogP contribution in [0.4, 0.5) is 0 Å². The number of aliphatic carboxylic acids is 1. The molecule has 0 spiro atoms. The number of carbonyl (C=O) groups excluding carboxylic acids is 1. The largest absolute Gasteiger partial charge is 0.480 e. The van der Waals surface area contributed by atoms with Gasteiger partial charge in [-0.2, -0.15) is 0 Å². The van der Waals surface area contributed by atoms with Gasteiger partial charge in [-0.15, -0.1) is 0 Å². The molecule has 0 saturated carbocycles. The van der Waals surface area contributed by atoms with Crippen LogP contribution in [0.25, 0.3) is 0 Å². The molecule has 0 bridgehead atoms. The molecule has 0 aromatic heterocycles. The smallest absolute Gasteiger partial charge is 0.328 e. The second-order valence-electron chi connectivity index (χ2n) is 1.73. The predicted octanol–water partition coefficient (Wildman–Crippen LogP) is -1.81. The summed E-state index contributed by atoms with van der Waals surface area (Å²) < 4.78 is 0. The molecule has 0 heterocycles. The summed E-state index contributed by atoms with van der Waals surface area (Å²) in [6, 6.07) is -1.16. The maximum atomic E-state index is 10.6. The molecule has 0 aliphatic rings. The number of nitrogens with one attached hydrogen (secondary N) is 1. The van der Waals surface area contributed by atoms with Crippen LogP contribution in [0.5, 0.6) is 0 Å². The first-order valence-corrected chi connectivity index (χ1v) is 2.76. The van der Waals surface area contributed by atoms with Crippen molar-refractivity contribution in [2.45, 2.75) is 6.04 Å². The molecule has 1 unspecified atom stereocenters. The standard InChI is InChI=1S/C5H10N2O3/c1-7-4(5(9)10)3(8)2-6/h4,7H,2,6H2,1H3,(H,9,10). The summed E-state index contributed by atoms with van der Waals surface area (Å²) in [7, 11) is 1.40. The quantitative estimate of drug-likeness (QED) is 0.406. The molecule has 5 nitrogen and oxygen atoms in total. The molecule has 0 rings (SSSR count). The second kappa shape index (κ2) is 3.97. The minimum atomic E-state index is -1.20. The third kappa shape index (κ3) is 2.12. The highest BCUT2D eigenvalue weighted by molar-refractivity contribution is 6.03. The summed E-state index contributed by atoms with van der Waals surface area (Å²) >= 11 is 0. The van der Waals surface area contributed by atoms with Crippen LogP contribution >= 0.6 is 0 Å². The van der Waals surface area contributed by atoms with Gasteiger partial charge in [0, 0.05) is 0 Å². The molecule has 0 aromatic carbocycles. The van der Waals surface area contributed by atoms with E-state index in [1.54, 1.807) is 0 Å². The zero-order valence-electron chi connectivity index (χ0n) is 5.63. The van der Waals surface area contributed by atoms with Gasteiger partial charge in [0.1, 0.15) is 0 Å². The first-order valence-electron chi connectivity index (χ1n) is 2.76. The van der Waals surface area contributed by atoms with Crippen LogP contribution in [0.2, 0.25) is 0 Å². The molecular formula is C5H10N2O3. The lowest BCUT2D eigenvalue weighted by atomic mass is 10.2. The highest BCUT2D eigenvalue weighted by Crippen LogP contribution is 1.82. The van der Waals surface area contributed by atoms with Gasteiger partial charge in [0.05, 0.1) is 6.54 Å². The lowest BCUT2D eigenvalue weighted by Crippen LogP contribution is -2.44. The average molecular weight is 146 g/mol. The molecule has 0 saturated heterocycles. The Balaban J connectivity index is 4.06. The van der Waals surface area contributed by atoms with Crippen molar-refractivity contribution in [3.63, 3.8) is 0 Å². The Morgan fingerprint density at radius 3 is 2.30 bits per heavy atom. The van der Waals surface area contributed by atoms with Crippen LogP contribution in [0.3, 0.4) is 0 Å². The highest BCUT2D eigenvalue weighted by Gasteiger charge is 2.21. The molecule has 10 heavy (non-hydrogen) atoms. The summed E-state index contributed by atoms with van der Waals surface area (Å²) in [5.41, 5.74) is 4.93. The van der Waals surface area contributed by atoms with Gasteiger partial charge in [-0.1, -0.05) is 0 Å². The van der Waals surface area contributed by atoms with Crippen molar-refractivity contribution in [3.8, 4) is 0 Å². The number of ketones is 1. The molecule has 5 heteroatoms. The molecular weight excluding hydrogens is 136 g/mol. The van der Waals surface area contributed by atoms with Gasteiger partial charge >= 0.3 is 5.97 Å². The molecule has 0 aliphatic carbocycles. The summed E-state index contributed by atoms with van der Waals surface area (Å²) in [5, 5.41) is 10.7. The minimum Gasteiger partial charge on any atom is -0.480 e. The van der Waals surface area contributed by atoms with Gasteiger partial charge in [-0.25, -0.2) is 0 Å². The van der Waals surface area contributed by atoms with E-state index >= 15 is 0 Å². The zero-order valence-corrected chi connectivity index (χ0v) is 5.63. The molecule has 0 amide bonds. The number of hydrogen-bond donors (Lipinski definition) is 3. The van der Waals surface area contributed by atoms with E-state index in [0.29, 0.717) is 0 Å². The number of rotatable bonds is 4.